The molecule has 2 rings (SSSR count). The van der Waals surface area contributed by atoms with Gasteiger partial charge in [0.05, 0.1) is 17.2 Å². The van der Waals surface area contributed by atoms with E-state index in [2.05, 4.69) is 15.6 Å². The third-order valence-electron chi connectivity index (χ3n) is 2.49. The summed E-state index contributed by atoms with van der Waals surface area (Å²) in [6, 6.07) is 10.6. The Morgan fingerprint density at radius 1 is 1.20 bits per heavy atom. The number of nitrogens with zero attached hydrogens (tertiary/aromatic N) is 2. The number of urea groups is 1. The van der Waals surface area contributed by atoms with Crippen LogP contribution in [0, 0.1) is 10.1 Å². The van der Waals surface area contributed by atoms with Crippen LogP contribution in [0.4, 0.5) is 16.2 Å². The van der Waals surface area contributed by atoms with Crippen LogP contribution in [-0.4, -0.2) is 15.9 Å². The Morgan fingerprint density at radius 3 is 2.55 bits per heavy atom. The molecule has 7 nitrogen and oxygen atoms in total. The molecule has 0 radical (unpaired) electrons. The molecule has 7 heteroatoms. The molecule has 0 aliphatic carbocycles. The molecule has 0 fully saturated rings. The van der Waals surface area contributed by atoms with Gasteiger partial charge in [-0.05, 0) is 24.3 Å². The molecule has 0 spiro atoms. The minimum absolute atomic E-state index is 0.0237. The monoisotopic (exact) mass is 272 g/mol. The van der Waals surface area contributed by atoms with Crippen LogP contribution in [0.15, 0.2) is 48.7 Å². The van der Waals surface area contributed by atoms with Gasteiger partial charge in [0.15, 0.2) is 0 Å². The first-order valence-corrected chi connectivity index (χ1v) is 5.84. The summed E-state index contributed by atoms with van der Waals surface area (Å²) in [5.74, 6) is 0. The number of rotatable bonds is 4. The molecule has 102 valence electrons. The topological polar surface area (TPSA) is 97.2 Å². The van der Waals surface area contributed by atoms with Crippen molar-refractivity contribution in [2.24, 2.45) is 0 Å². The van der Waals surface area contributed by atoms with Gasteiger partial charge < -0.3 is 10.6 Å². The van der Waals surface area contributed by atoms with E-state index < -0.39 is 11.0 Å². The number of amides is 2. The predicted octanol–water partition coefficient (Wildman–Crippen LogP) is 2.31. The minimum atomic E-state index is -0.495. The molecule has 0 aliphatic rings. The second-order valence-electron chi connectivity index (χ2n) is 3.93. The lowest BCUT2D eigenvalue weighted by Gasteiger charge is -2.07. The molecule has 2 N–H and O–H groups in total. The molecular weight excluding hydrogens is 260 g/mol. The second kappa shape index (κ2) is 6.28. The van der Waals surface area contributed by atoms with Crippen molar-refractivity contribution in [2.45, 2.75) is 6.54 Å². The van der Waals surface area contributed by atoms with Crippen LogP contribution in [0.25, 0.3) is 0 Å². The molecule has 0 saturated heterocycles. The summed E-state index contributed by atoms with van der Waals surface area (Å²) in [7, 11) is 0. The van der Waals surface area contributed by atoms with Crippen LogP contribution in [0.1, 0.15) is 5.69 Å². The van der Waals surface area contributed by atoms with Gasteiger partial charge in [-0.3, -0.25) is 15.1 Å². The van der Waals surface area contributed by atoms with E-state index in [1.807, 2.05) is 6.07 Å². The van der Waals surface area contributed by atoms with Gasteiger partial charge in [0.2, 0.25) is 0 Å². The Hall–Kier alpha value is -2.96. The molecule has 1 aromatic carbocycles. The highest BCUT2D eigenvalue weighted by Crippen LogP contribution is 2.15. The Bertz CT molecular complexity index is 599. The predicted molar refractivity (Wildman–Crippen MR) is 73.2 cm³/mol. The van der Waals surface area contributed by atoms with Gasteiger partial charge in [-0.25, -0.2) is 4.79 Å². The van der Waals surface area contributed by atoms with Crippen molar-refractivity contribution in [3.63, 3.8) is 0 Å². The zero-order valence-corrected chi connectivity index (χ0v) is 10.4. The van der Waals surface area contributed by atoms with E-state index in [0.29, 0.717) is 12.2 Å². The second-order valence-corrected chi connectivity index (χ2v) is 3.93. The van der Waals surface area contributed by atoms with E-state index in [9.17, 15) is 14.9 Å². The van der Waals surface area contributed by atoms with Crippen LogP contribution < -0.4 is 10.6 Å². The van der Waals surface area contributed by atoms with E-state index >= 15 is 0 Å². The maximum atomic E-state index is 11.6. The van der Waals surface area contributed by atoms with Gasteiger partial charge >= 0.3 is 6.03 Å². The molecular formula is C13H12N4O3. The minimum Gasteiger partial charge on any atom is -0.332 e. The maximum Gasteiger partial charge on any atom is 0.319 e. The first-order valence-electron chi connectivity index (χ1n) is 5.84. The van der Waals surface area contributed by atoms with Gasteiger partial charge in [0, 0.05) is 24.0 Å². The van der Waals surface area contributed by atoms with Crippen LogP contribution in [0.2, 0.25) is 0 Å². The third-order valence-corrected chi connectivity index (χ3v) is 2.49. The number of anilines is 1. The van der Waals surface area contributed by atoms with Gasteiger partial charge in [-0.2, -0.15) is 0 Å². The van der Waals surface area contributed by atoms with Crippen molar-refractivity contribution >= 4 is 17.4 Å². The van der Waals surface area contributed by atoms with Crippen molar-refractivity contribution in [2.75, 3.05) is 5.32 Å². The van der Waals surface area contributed by atoms with Crippen molar-refractivity contribution in [3.05, 3.63) is 64.5 Å². The number of benzene rings is 1. The summed E-state index contributed by atoms with van der Waals surface area (Å²) in [5, 5.41) is 15.7. The zero-order valence-electron chi connectivity index (χ0n) is 10.4. The summed E-state index contributed by atoms with van der Waals surface area (Å²) in [5.41, 5.74) is 1.20. The smallest absolute Gasteiger partial charge is 0.319 e. The number of nitro benzene ring substituents is 1. The third kappa shape index (κ3) is 3.77. The number of nitro groups is 1. The molecule has 20 heavy (non-hydrogen) atoms. The van der Waals surface area contributed by atoms with Crippen LogP contribution in [0.3, 0.4) is 0 Å². The lowest BCUT2D eigenvalue weighted by atomic mass is 10.3. The molecule has 0 atom stereocenters. The van der Waals surface area contributed by atoms with Crippen LogP contribution in [0.5, 0.6) is 0 Å². The van der Waals surface area contributed by atoms with E-state index in [1.54, 1.807) is 18.3 Å². The highest BCUT2D eigenvalue weighted by Gasteiger charge is 2.06. The molecule has 1 aromatic heterocycles. The SMILES string of the molecule is O=C(NCc1ccccn1)Nc1ccc([N+](=O)[O-])cc1. The Labute approximate surface area is 114 Å². The maximum absolute atomic E-state index is 11.6. The first-order chi connectivity index (χ1) is 9.65. The van der Waals surface area contributed by atoms with Crippen molar-refractivity contribution < 1.29 is 9.72 Å². The lowest BCUT2D eigenvalue weighted by Crippen LogP contribution is -2.28. The molecule has 1 heterocycles. The normalized spacial score (nSPS) is 9.80. The largest absolute Gasteiger partial charge is 0.332 e. The quantitative estimate of drug-likeness (QED) is 0.659. The highest BCUT2D eigenvalue weighted by atomic mass is 16.6. The molecule has 0 aliphatic heterocycles. The molecule has 0 unspecified atom stereocenters. The number of hydrogen-bond acceptors (Lipinski definition) is 4. The number of carbonyl (C=O) groups is 1. The number of nitrogens with one attached hydrogen (secondary N) is 2. The average Bonchev–Trinajstić information content (AvgIpc) is 2.47. The fourth-order valence-corrected chi connectivity index (χ4v) is 1.52. The van der Waals surface area contributed by atoms with Gasteiger partial charge in [-0.15, -0.1) is 0 Å². The van der Waals surface area contributed by atoms with E-state index in [4.69, 9.17) is 0 Å². The standard InChI is InChI=1S/C13H12N4O3/c18-13(15-9-11-3-1-2-8-14-11)16-10-4-6-12(7-5-10)17(19)20/h1-8H,9H2,(H2,15,16,18). The summed E-state index contributed by atoms with van der Waals surface area (Å²) < 4.78 is 0. The van der Waals surface area contributed by atoms with E-state index in [1.165, 1.54) is 24.3 Å². The van der Waals surface area contributed by atoms with Crippen molar-refractivity contribution in [1.82, 2.24) is 10.3 Å². The fraction of sp³-hybridized carbons (Fsp3) is 0.0769. The molecule has 0 saturated carbocycles. The zero-order chi connectivity index (χ0) is 14.4. The van der Waals surface area contributed by atoms with Gasteiger partial charge in [-0.1, -0.05) is 6.07 Å². The number of pyridine rings is 1. The summed E-state index contributed by atoms with van der Waals surface area (Å²) in [4.78, 5) is 25.7. The summed E-state index contributed by atoms with van der Waals surface area (Å²) in [6.45, 7) is 0.305. The number of non-ortho nitro benzene ring substituents is 1. The van der Waals surface area contributed by atoms with E-state index in [0.717, 1.165) is 5.69 Å². The van der Waals surface area contributed by atoms with Gasteiger partial charge in [0.25, 0.3) is 5.69 Å². The van der Waals surface area contributed by atoms with Crippen molar-refractivity contribution in [1.29, 1.82) is 0 Å². The molecule has 0 bridgehead atoms. The average molecular weight is 272 g/mol. The van der Waals surface area contributed by atoms with Crippen LogP contribution >= 0.6 is 0 Å². The Morgan fingerprint density at radius 2 is 1.95 bits per heavy atom. The van der Waals surface area contributed by atoms with Crippen molar-refractivity contribution in [3.8, 4) is 0 Å². The number of aromatic nitrogens is 1. The van der Waals surface area contributed by atoms with Crippen LogP contribution in [-0.2, 0) is 6.54 Å². The number of carbonyl (C=O) groups excluding carboxylic acids is 1. The molecule has 2 amide bonds. The molecule has 2 aromatic rings. The first kappa shape index (κ1) is 13.5. The number of hydrogen-bond donors (Lipinski definition) is 2. The van der Waals surface area contributed by atoms with E-state index in [-0.39, 0.29) is 5.69 Å². The Balaban J connectivity index is 1.86. The summed E-state index contributed by atoms with van der Waals surface area (Å²) in [6.07, 6.45) is 1.64. The van der Waals surface area contributed by atoms with Gasteiger partial charge in [0.1, 0.15) is 0 Å². The lowest BCUT2D eigenvalue weighted by molar-refractivity contribution is -0.384. The highest BCUT2D eigenvalue weighted by molar-refractivity contribution is 5.89. The summed E-state index contributed by atoms with van der Waals surface area (Å²) >= 11 is 0. The fourth-order valence-electron chi connectivity index (χ4n) is 1.52. The Kier molecular flexibility index (Phi) is 4.23.